The number of hydrogen-bond donors (Lipinski definition) is 0. The minimum atomic E-state index is 0.0907. The lowest BCUT2D eigenvalue weighted by Gasteiger charge is -2.18. The molecule has 20 nitrogen and oxygen atoms in total. The third kappa shape index (κ3) is 37.9. The van der Waals surface area contributed by atoms with Gasteiger partial charge in [0.05, 0.1) is 54.3 Å². The van der Waals surface area contributed by atoms with Gasteiger partial charge < -0.3 is 8.94 Å². The molecule has 0 aliphatic carbocycles. The van der Waals surface area contributed by atoms with Gasteiger partial charge in [-0.1, -0.05) is 272 Å². The summed E-state index contributed by atoms with van der Waals surface area (Å²) in [6, 6.07) is 22.2. The van der Waals surface area contributed by atoms with Gasteiger partial charge >= 0.3 is 0 Å². The molecule has 644 valence electrons. The van der Waals surface area contributed by atoms with Crippen LogP contribution in [-0.2, 0) is 37.9 Å². The molecular formula is C95H138N18O2S4. The van der Waals surface area contributed by atoms with Crippen molar-refractivity contribution >= 4 is 45.7 Å². The summed E-state index contributed by atoms with van der Waals surface area (Å²) in [5, 5.41) is 3.65. The Morgan fingerprint density at radius 3 is 0.908 bits per heavy atom. The van der Waals surface area contributed by atoms with Crippen molar-refractivity contribution in [1.29, 1.82) is 0 Å². The largest absolute Gasteiger partial charge is 0.442 e. The van der Waals surface area contributed by atoms with E-state index in [1.165, 1.54) is 51.7 Å². The van der Waals surface area contributed by atoms with Crippen molar-refractivity contribution in [2.75, 3.05) is 0 Å². The molecule has 0 radical (unpaired) electrons. The van der Waals surface area contributed by atoms with Crippen molar-refractivity contribution in [3.05, 3.63) is 241 Å². The zero-order chi connectivity index (χ0) is 90.2. The standard InChI is InChI=1S/2C12H14N2O.2C12H14N2S.C11H14N4.2C11H13N3S.7C2H6/c1-12(2,3)9-4-5-10(14-6-9)11-7-13-8-15-11;1-12(2,3)9-4-5-10(13-8-9)11-6-7-14-15-11;1-12(2,3)9-4-5-10(14-6-9)11-7-13-8-15-11;1-12(2,3)9-4-5-10(13-8-9)11-6-7-14-15-11;1-11(2,3)9-6-13-10(14-7-9)15-5-4-12-8-15;1-11(2,3)8-4-13-10(14-5-8)9-6-12-7-15-9;1-11(2,3)8-6-12-10(13-7-8)9-4-5-14-15-9;7*1-2/h5*4-8H,1-3H3;2*4-7H,1-3H3;7*1-2H3. The molecule has 0 saturated carbocycles. The second-order valence-corrected chi connectivity index (χ2v) is 35.0. The number of aromatic nitrogens is 18. The molecule has 0 aliphatic heterocycles. The van der Waals surface area contributed by atoms with E-state index in [9.17, 15) is 0 Å². The second kappa shape index (κ2) is 54.2. The molecule has 14 aromatic heterocycles. The van der Waals surface area contributed by atoms with E-state index < -0.39 is 0 Å². The summed E-state index contributed by atoms with van der Waals surface area (Å²) in [6.45, 7) is 73.5. The summed E-state index contributed by atoms with van der Waals surface area (Å²) in [7, 11) is 0. The van der Waals surface area contributed by atoms with Crippen LogP contribution in [0.25, 0.3) is 71.4 Å². The van der Waals surface area contributed by atoms with Gasteiger partial charge in [-0.05, 0) is 136 Å². The van der Waals surface area contributed by atoms with Gasteiger partial charge in [-0.15, -0.1) is 22.7 Å². The van der Waals surface area contributed by atoms with E-state index in [-0.39, 0.29) is 37.9 Å². The smallest absolute Gasteiger partial charge is 0.234 e. The summed E-state index contributed by atoms with van der Waals surface area (Å²) in [4.78, 5) is 63.7. The zero-order valence-corrected chi connectivity index (χ0v) is 81.3. The molecule has 0 N–H and O–H groups in total. The van der Waals surface area contributed by atoms with Crippen LogP contribution in [0.3, 0.4) is 0 Å². The van der Waals surface area contributed by atoms with E-state index in [1.54, 1.807) is 82.3 Å². The van der Waals surface area contributed by atoms with Gasteiger partial charge in [-0.25, -0.2) is 48.6 Å². The highest BCUT2D eigenvalue weighted by molar-refractivity contribution is 7.13. The van der Waals surface area contributed by atoms with Crippen LogP contribution < -0.4 is 0 Å². The fraction of sp³-hybridized carbons (Fsp3) is 0.442. The van der Waals surface area contributed by atoms with E-state index in [0.717, 1.165) is 70.6 Å². The Bertz CT molecular complexity index is 3840. The molecule has 0 aliphatic rings. The molecule has 0 fully saturated rings. The van der Waals surface area contributed by atoms with E-state index in [4.69, 9.17) is 8.94 Å². The predicted molar refractivity (Wildman–Crippen MR) is 506 cm³/mol. The Balaban J connectivity index is 0.000000676. The topological polar surface area (TPSA) is 250 Å². The molecule has 24 heteroatoms. The van der Waals surface area contributed by atoms with Crippen molar-refractivity contribution < 1.29 is 8.94 Å². The molecule has 0 amide bonds. The van der Waals surface area contributed by atoms with Crippen LogP contribution in [0.15, 0.2) is 211 Å². The van der Waals surface area contributed by atoms with Crippen LogP contribution in [0.5, 0.6) is 0 Å². The monoisotopic (exact) mass is 1690 g/mol. The zero-order valence-electron chi connectivity index (χ0n) is 78.1. The number of imidazole rings is 1. The van der Waals surface area contributed by atoms with Crippen molar-refractivity contribution in [1.82, 2.24) is 88.2 Å². The molecule has 119 heavy (non-hydrogen) atoms. The van der Waals surface area contributed by atoms with Gasteiger partial charge in [0, 0.05) is 105 Å². The minimum Gasteiger partial charge on any atom is -0.442 e. The second-order valence-electron chi connectivity index (χ2n) is 31.5. The summed E-state index contributed by atoms with van der Waals surface area (Å²) in [5.41, 5.74) is 16.5. The van der Waals surface area contributed by atoms with Crippen LogP contribution in [0, 0.1) is 0 Å². The average Bonchev–Trinajstić information content (AvgIpc) is 1.85. The first-order valence-corrected chi connectivity index (χ1v) is 44.5. The first-order valence-electron chi connectivity index (χ1n) is 41.2. The first-order chi connectivity index (χ1) is 56.5. The molecule has 0 bridgehead atoms. The number of rotatable bonds is 7. The third-order valence-corrected chi connectivity index (χ3v) is 18.9. The van der Waals surface area contributed by atoms with Gasteiger partial charge in [0.25, 0.3) is 0 Å². The molecule has 0 aromatic carbocycles. The highest BCUT2D eigenvalue weighted by Gasteiger charge is 2.21. The highest BCUT2D eigenvalue weighted by Crippen LogP contribution is 2.31. The number of pyridine rings is 4. The van der Waals surface area contributed by atoms with Crippen molar-refractivity contribution in [2.45, 2.75) is 280 Å². The van der Waals surface area contributed by atoms with E-state index in [0.29, 0.717) is 17.5 Å². The lowest BCUT2D eigenvalue weighted by atomic mass is 9.88. The van der Waals surface area contributed by atoms with E-state index in [2.05, 4.69) is 265 Å². The van der Waals surface area contributed by atoms with Crippen molar-refractivity contribution in [2.24, 2.45) is 0 Å². The molecule has 0 spiro atoms. The molecular weight excluding hydrogens is 1550 g/mol. The Labute approximate surface area is 730 Å². The van der Waals surface area contributed by atoms with Crippen LogP contribution in [0.4, 0.5) is 0 Å². The van der Waals surface area contributed by atoms with Crippen LogP contribution in [-0.4, -0.2) is 88.2 Å². The number of thiazole rings is 2. The number of oxazole rings is 1. The van der Waals surface area contributed by atoms with Gasteiger partial charge in [0.2, 0.25) is 5.95 Å². The van der Waals surface area contributed by atoms with Gasteiger partial charge in [-0.2, -0.15) is 0 Å². The van der Waals surface area contributed by atoms with Crippen LogP contribution in [0.2, 0.25) is 0 Å². The van der Waals surface area contributed by atoms with Gasteiger partial charge in [0.15, 0.2) is 29.6 Å². The lowest BCUT2D eigenvalue weighted by molar-refractivity contribution is 0.431. The van der Waals surface area contributed by atoms with Crippen LogP contribution in [0.1, 0.15) is 281 Å². The Hall–Kier alpha value is -10.0. The van der Waals surface area contributed by atoms with Gasteiger partial charge in [-0.3, -0.25) is 34.5 Å². The first kappa shape index (κ1) is 107. The molecule has 0 atom stereocenters. The predicted octanol–water partition coefficient (Wildman–Crippen LogP) is 28.0. The highest BCUT2D eigenvalue weighted by atomic mass is 32.1. The summed E-state index contributed by atoms with van der Waals surface area (Å²) < 4.78 is 20.1. The molecule has 14 rings (SSSR count). The maximum atomic E-state index is 5.17. The summed E-state index contributed by atoms with van der Waals surface area (Å²) in [6.07, 6.45) is 36.1. The molecule has 0 saturated heterocycles. The molecule has 14 aromatic rings. The minimum absolute atomic E-state index is 0.0907. The molecule has 0 unspecified atom stereocenters. The fourth-order valence-electron chi connectivity index (χ4n) is 8.88. The van der Waals surface area contributed by atoms with Crippen LogP contribution >= 0.6 is 45.7 Å². The SMILES string of the molecule is CC.CC.CC.CC.CC.CC.CC.CC(C)(C)c1ccc(-c2ccno2)nc1.CC(C)(C)c1ccc(-c2ccns2)nc1.CC(C)(C)c1ccc(-c2cnco2)nc1.CC(C)(C)c1ccc(-c2cncs2)nc1.CC(C)(C)c1cnc(-c2ccns2)nc1.CC(C)(C)c1cnc(-c2cncs2)nc1.CC(C)(C)c1cnc(-n2ccnc2)nc1. The average molecular weight is 1690 g/mol. The summed E-state index contributed by atoms with van der Waals surface area (Å²) in [5.74, 6) is 3.57. The Morgan fingerprint density at radius 1 is 0.277 bits per heavy atom. The van der Waals surface area contributed by atoms with Crippen molar-refractivity contribution in [3.63, 3.8) is 0 Å². The normalized spacial score (nSPS) is 10.6. The van der Waals surface area contributed by atoms with Gasteiger partial charge in [0.1, 0.15) is 17.7 Å². The quantitative estimate of drug-likeness (QED) is 0.144. The lowest BCUT2D eigenvalue weighted by Crippen LogP contribution is -2.12. The van der Waals surface area contributed by atoms with E-state index in [1.807, 2.05) is 201 Å². The Morgan fingerprint density at radius 2 is 0.613 bits per heavy atom. The molecule has 14 heterocycles. The van der Waals surface area contributed by atoms with E-state index >= 15 is 0 Å². The Kier molecular flexibility index (Phi) is 48.8. The maximum Gasteiger partial charge on any atom is 0.234 e. The summed E-state index contributed by atoms with van der Waals surface area (Å²) >= 11 is 6.06. The fourth-order valence-corrected chi connectivity index (χ4v) is 11.2. The van der Waals surface area contributed by atoms with Crippen molar-refractivity contribution in [3.8, 4) is 71.4 Å². The number of hydrogen-bond acceptors (Lipinski definition) is 23. The number of nitrogens with zero attached hydrogens (tertiary/aromatic N) is 18. The maximum absolute atomic E-state index is 5.17. The third-order valence-electron chi connectivity index (χ3n) is 15.9.